The number of non-ortho nitro benzene ring substituents is 1. The second kappa shape index (κ2) is 6.59. The molecule has 1 saturated heterocycles. The van der Waals surface area contributed by atoms with E-state index in [1.54, 1.807) is 0 Å². The lowest BCUT2D eigenvalue weighted by atomic mass is 10.1. The maximum atomic E-state index is 13.7. The summed E-state index contributed by atoms with van der Waals surface area (Å²) < 4.78 is 13.7. The minimum absolute atomic E-state index is 0.0491. The first-order valence-corrected chi connectivity index (χ1v) is 6.59. The smallest absolute Gasteiger partial charge is 0.270 e. The number of halogens is 1. The van der Waals surface area contributed by atoms with Crippen LogP contribution in [0.15, 0.2) is 18.2 Å². The minimum Gasteiger partial charge on any atom is -0.395 e. The van der Waals surface area contributed by atoms with Crippen molar-refractivity contribution >= 4 is 11.6 Å². The lowest BCUT2D eigenvalue weighted by Gasteiger charge is -2.34. The summed E-state index contributed by atoms with van der Waals surface area (Å²) >= 11 is 0. The van der Waals surface area contributed by atoms with Crippen LogP contribution in [0.4, 0.5) is 10.1 Å². The van der Waals surface area contributed by atoms with E-state index in [9.17, 15) is 19.3 Å². The fourth-order valence-electron chi connectivity index (χ4n) is 2.28. The molecule has 1 amide bonds. The standard InChI is InChI=1S/C13H16FN3O4/c14-12-2-1-10(17(20)21)9-11(12)13(19)16-5-3-15(4-6-16)7-8-18/h1-2,9,18H,3-8H2. The van der Waals surface area contributed by atoms with Crippen molar-refractivity contribution in [2.24, 2.45) is 0 Å². The lowest BCUT2D eigenvalue weighted by Crippen LogP contribution is -2.49. The molecule has 1 aliphatic rings. The van der Waals surface area contributed by atoms with Crippen molar-refractivity contribution in [3.05, 3.63) is 39.7 Å². The van der Waals surface area contributed by atoms with Gasteiger partial charge in [-0.05, 0) is 6.07 Å². The van der Waals surface area contributed by atoms with E-state index >= 15 is 0 Å². The van der Waals surface area contributed by atoms with Gasteiger partial charge in [0.2, 0.25) is 0 Å². The zero-order chi connectivity index (χ0) is 15.4. The van der Waals surface area contributed by atoms with Gasteiger partial charge >= 0.3 is 0 Å². The first-order valence-electron chi connectivity index (χ1n) is 6.59. The molecule has 114 valence electrons. The summed E-state index contributed by atoms with van der Waals surface area (Å²) in [4.78, 5) is 25.8. The number of piperazine rings is 1. The molecule has 1 fully saturated rings. The van der Waals surface area contributed by atoms with Crippen molar-refractivity contribution < 1.29 is 19.2 Å². The highest BCUT2D eigenvalue weighted by Gasteiger charge is 2.25. The Kier molecular flexibility index (Phi) is 4.81. The number of rotatable bonds is 4. The summed E-state index contributed by atoms with van der Waals surface area (Å²) in [5, 5.41) is 19.6. The molecule has 0 saturated carbocycles. The SMILES string of the molecule is O=C(c1cc([N+](=O)[O-])ccc1F)N1CCN(CCO)CC1. The van der Waals surface area contributed by atoms with Crippen molar-refractivity contribution in [2.45, 2.75) is 0 Å². The summed E-state index contributed by atoms with van der Waals surface area (Å²) in [7, 11) is 0. The third kappa shape index (κ3) is 3.53. The molecule has 21 heavy (non-hydrogen) atoms. The van der Waals surface area contributed by atoms with E-state index in [0.29, 0.717) is 32.7 Å². The molecular formula is C13H16FN3O4. The normalized spacial score (nSPS) is 16.0. The Hall–Kier alpha value is -2.06. The Morgan fingerprint density at radius 3 is 2.57 bits per heavy atom. The van der Waals surface area contributed by atoms with E-state index in [2.05, 4.69) is 0 Å². The number of nitro benzene ring substituents is 1. The highest BCUT2D eigenvalue weighted by molar-refractivity contribution is 5.95. The molecule has 1 aromatic carbocycles. The molecule has 0 atom stereocenters. The van der Waals surface area contributed by atoms with Crippen LogP contribution in [0.5, 0.6) is 0 Å². The molecule has 1 heterocycles. The Labute approximate surface area is 120 Å². The van der Waals surface area contributed by atoms with Crippen LogP contribution in [0.1, 0.15) is 10.4 Å². The molecule has 0 unspecified atom stereocenters. The molecule has 2 rings (SSSR count). The second-order valence-corrected chi connectivity index (χ2v) is 4.78. The van der Waals surface area contributed by atoms with Gasteiger partial charge in [0.05, 0.1) is 17.1 Å². The number of aliphatic hydroxyl groups is 1. The van der Waals surface area contributed by atoms with Gasteiger partial charge in [0.1, 0.15) is 5.82 Å². The number of aliphatic hydroxyl groups excluding tert-OH is 1. The van der Waals surface area contributed by atoms with Crippen molar-refractivity contribution in [3.63, 3.8) is 0 Å². The zero-order valence-corrected chi connectivity index (χ0v) is 11.4. The highest BCUT2D eigenvalue weighted by Crippen LogP contribution is 2.19. The molecule has 8 heteroatoms. The van der Waals surface area contributed by atoms with Crippen LogP contribution in [0.3, 0.4) is 0 Å². The van der Waals surface area contributed by atoms with E-state index < -0.39 is 16.6 Å². The van der Waals surface area contributed by atoms with E-state index in [0.717, 1.165) is 18.2 Å². The maximum Gasteiger partial charge on any atom is 0.270 e. The summed E-state index contributed by atoms with van der Waals surface area (Å²) in [6.07, 6.45) is 0. The molecular weight excluding hydrogens is 281 g/mol. The monoisotopic (exact) mass is 297 g/mol. The number of benzene rings is 1. The average molecular weight is 297 g/mol. The van der Waals surface area contributed by atoms with Gasteiger partial charge in [-0.15, -0.1) is 0 Å². The fourth-order valence-corrected chi connectivity index (χ4v) is 2.28. The molecule has 0 aromatic heterocycles. The molecule has 0 aliphatic carbocycles. The van der Waals surface area contributed by atoms with Crippen LogP contribution in [0.25, 0.3) is 0 Å². The van der Waals surface area contributed by atoms with Crippen LogP contribution < -0.4 is 0 Å². The predicted octanol–water partition coefficient (Wildman–Crippen LogP) is 0.484. The number of nitro groups is 1. The van der Waals surface area contributed by atoms with Gasteiger partial charge < -0.3 is 10.0 Å². The van der Waals surface area contributed by atoms with Crippen molar-refractivity contribution in [1.82, 2.24) is 9.80 Å². The van der Waals surface area contributed by atoms with Crippen molar-refractivity contribution in [3.8, 4) is 0 Å². The van der Waals surface area contributed by atoms with Crippen LogP contribution >= 0.6 is 0 Å². The number of hydrogen-bond donors (Lipinski definition) is 1. The first kappa shape index (κ1) is 15.3. The van der Waals surface area contributed by atoms with Gasteiger partial charge in [-0.25, -0.2) is 4.39 Å². The van der Waals surface area contributed by atoms with E-state index in [4.69, 9.17) is 5.11 Å². The number of β-amino-alcohol motifs (C(OH)–C–C–N with tert-alkyl or cyclic N) is 1. The van der Waals surface area contributed by atoms with Crippen molar-refractivity contribution in [2.75, 3.05) is 39.3 Å². The van der Waals surface area contributed by atoms with E-state index in [1.807, 2.05) is 4.90 Å². The summed E-state index contributed by atoms with van der Waals surface area (Å²) in [6.45, 7) is 2.56. The van der Waals surface area contributed by atoms with Crippen molar-refractivity contribution in [1.29, 1.82) is 0 Å². The third-order valence-electron chi connectivity index (χ3n) is 3.47. The summed E-state index contributed by atoms with van der Waals surface area (Å²) in [5.41, 5.74) is -0.585. The van der Waals surface area contributed by atoms with Gasteiger partial charge in [-0.3, -0.25) is 19.8 Å². The topological polar surface area (TPSA) is 86.9 Å². The van der Waals surface area contributed by atoms with Crippen LogP contribution in [0.2, 0.25) is 0 Å². The van der Waals surface area contributed by atoms with Gasteiger partial charge in [0.25, 0.3) is 11.6 Å². The Morgan fingerprint density at radius 2 is 2.00 bits per heavy atom. The Bertz CT molecular complexity index is 544. The zero-order valence-electron chi connectivity index (χ0n) is 11.4. The quantitative estimate of drug-likeness (QED) is 0.645. The second-order valence-electron chi connectivity index (χ2n) is 4.78. The average Bonchev–Trinajstić information content (AvgIpc) is 2.48. The molecule has 0 spiro atoms. The Balaban J connectivity index is 2.10. The largest absolute Gasteiger partial charge is 0.395 e. The fraction of sp³-hybridized carbons (Fsp3) is 0.462. The Morgan fingerprint density at radius 1 is 1.33 bits per heavy atom. The number of hydrogen-bond acceptors (Lipinski definition) is 5. The summed E-state index contributed by atoms with van der Waals surface area (Å²) in [5.74, 6) is -1.30. The molecule has 0 radical (unpaired) electrons. The minimum atomic E-state index is -0.761. The predicted molar refractivity (Wildman–Crippen MR) is 72.5 cm³/mol. The summed E-state index contributed by atoms with van der Waals surface area (Å²) in [6, 6.07) is 2.94. The number of carbonyl (C=O) groups is 1. The molecule has 7 nitrogen and oxygen atoms in total. The van der Waals surface area contributed by atoms with Crippen LogP contribution in [-0.2, 0) is 0 Å². The molecule has 1 aliphatic heterocycles. The van der Waals surface area contributed by atoms with Crippen LogP contribution in [0, 0.1) is 15.9 Å². The number of nitrogens with zero attached hydrogens (tertiary/aromatic N) is 3. The molecule has 1 aromatic rings. The van der Waals surface area contributed by atoms with E-state index in [-0.39, 0.29) is 17.9 Å². The maximum absolute atomic E-state index is 13.7. The van der Waals surface area contributed by atoms with Gasteiger partial charge in [0, 0.05) is 44.9 Å². The van der Waals surface area contributed by atoms with Gasteiger partial charge in [-0.2, -0.15) is 0 Å². The number of amides is 1. The molecule has 0 bridgehead atoms. The third-order valence-corrected chi connectivity index (χ3v) is 3.47. The number of carbonyl (C=O) groups excluding carboxylic acids is 1. The first-order chi connectivity index (χ1) is 10.0. The van der Waals surface area contributed by atoms with Crippen LogP contribution in [-0.4, -0.2) is 65.1 Å². The highest BCUT2D eigenvalue weighted by atomic mass is 19.1. The molecule has 1 N–H and O–H groups in total. The lowest BCUT2D eigenvalue weighted by molar-refractivity contribution is -0.384. The van der Waals surface area contributed by atoms with E-state index in [1.165, 1.54) is 4.90 Å². The van der Waals surface area contributed by atoms with Gasteiger partial charge in [-0.1, -0.05) is 0 Å². The van der Waals surface area contributed by atoms with Gasteiger partial charge in [0.15, 0.2) is 0 Å².